The summed E-state index contributed by atoms with van der Waals surface area (Å²) >= 11 is 0. The summed E-state index contributed by atoms with van der Waals surface area (Å²) < 4.78 is 5.56. The lowest BCUT2D eigenvalue weighted by atomic mass is 10.0. The SMILES string of the molecule is CNC(=O)c1cccc(NC(=O)c2cc(C3CC3)nc3onc(-c4ccccc4)c23)c1C. The molecule has 0 spiro atoms. The molecule has 5 rings (SSSR count). The lowest BCUT2D eigenvalue weighted by molar-refractivity contribution is 0.0960. The smallest absolute Gasteiger partial charge is 0.259 e. The Kier molecular flexibility index (Phi) is 4.93. The number of aromatic nitrogens is 2. The molecule has 7 nitrogen and oxygen atoms in total. The number of amides is 2. The van der Waals surface area contributed by atoms with Gasteiger partial charge in [0.15, 0.2) is 0 Å². The topological polar surface area (TPSA) is 97.1 Å². The average Bonchev–Trinajstić information content (AvgIpc) is 3.59. The highest BCUT2D eigenvalue weighted by atomic mass is 16.5. The molecule has 2 aromatic heterocycles. The molecule has 32 heavy (non-hydrogen) atoms. The minimum Gasteiger partial charge on any atom is -0.355 e. The fourth-order valence-electron chi connectivity index (χ4n) is 3.87. The monoisotopic (exact) mass is 426 g/mol. The third-order valence-electron chi connectivity index (χ3n) is 5.81. The highest BCUT2D eigenvalue weighted by Crippen LogP contribution is 2.41. The van der Waals surface area contributed by atoms with E-state index in [-0.39, 0.29) is 11.8 Å². The van der Waals surface area contributed by atoms with E-state index in [9.17, 15) is 9.59 Å². The lowest BCUT2D eigenvalue weighted by Gasteiger charge is -2.13. The Morgan fingerprint density at radius 2 is 1.78 bits per heavy atom. The van der Waals surface area contributed by atoms with E-state index in [1.807, 2.05) is 43.3 Å². The molecule has 1 fully saturated rings. The molecule has 1 saturated carbocycles. The fraction of sp³-hybridized carbons (Fsp3) is 0.200. The van der Waals surface area contributed by atoms with Crippen molar-refractivity contribution in [2.75, 3.05) is 12.4 Å². The number of nitrogens with one attached hydrogen (secondary N) is 2. The second kappa shape index (κ2) is 7.92. The van der Waals surface area contributed by atoms with Crippen LogP contribution in [-0.2, 0) is 0 Å². The summed E-state index contributed by atoms with van der Waals surface area (Å²) in [5.74, 6) is -0.155. The summed E-state index contributed by atoms with van der Waals surface area (Å²) in [4.78, 5) is 30.3. The van der Waals surface area contributed by atoms with Gasteiger partial charge < -0.3 is 15.2 Å². The number of nitrogens with zero attached hydrogens (tertiary/aromatic N) is 2. The van der Waals surface area contributed by atoms with Crippen LogP contribution in [-0.4, -0.2) is 29.0 Å². The first-order chi connectivity index (χ1) is 15.6. The summed E-state index contributed by atoms with van der Waals surface area (Å²) in [6.45, 7) is 1.81. The predicted octanol–water partition coefficient (Wildman–Crippen LogP) is 4.69. The van der Waals surface area contributed by atoms with E-state index in [1.165, 1.54) is 0 Å². The molecule has 7 heteroatoms. The molecule has 0 atom stereocenters. The molecule has 2 N–H and O–H groups in total. The fourth-order valence-corrected chi connectivity index (χ4v) is 3.87. The summed E-state index contributed by atoms with van der Waals surface area (Å²) in [5.41, 5.74) is 4.87. The Bertz CT molecular complexity index is 1340. The van der Waals surface area contributed by atoms with Crippen LogP contribution in [0.3, 0.4) is 0 Å². The Morgan fingerprint density at radius 1 is 1.00 bits per heavy atom. The van der Waals surface area contributed by atoms with Crippen LogP contribution in [0, 0.1) is 6.92 Å². The van der Waals surface area contributed by atoms with E-state index < -0.39 is 0 Å². The Hall–Kier alpha value is -4.00. The van der Waals surface area contributed by atoms with Crippen molar-refractivity contribution < 1.29 is 14.1 Å². The van der Waals surface area contributed by atoms with Crippen molar-refractivity contribution in [3.63, 3.8) is 0 Å². The number of carbonyl (C=O) groups is 2. The average molecular weight is 426 g/mol. The molecule has 0 unspecified atom stereocenters. The van der Waals surface area contributed by atoms with Gasteiger partial charge in [-0.25, -0.2) is 4.98 Å². The summed E-state index contributed by atoms with van der Waals surface area (Å²) in [6, 6.07) is 16.7. The van der Waals surface area contributed by atoms with Gasteiger partial charge in [-0.3, -0.25) is 9.59 Å². The van der Waals surface area contributed by atoms with Crippen molar-refractivity contribution in [3.8, 4) is 11.3 Å². The van der Waals surface area contributed by atoms with E-state index in [4.69, 9.17) is 4.52 Å². The van der Waals surface area contributed by atoms with Crippen LogP contribution in [0.1, 0.15) is 50.7 Å². The molecule has 4 aromatic rings. The highest BCUT2D eigenvalue weighted by Gasteiger charge is 2.29. The minimum atomic E-state index is -0.295. The number of hydrogen-bond donors (Lipinski definition) is 2. The zero-order valence-electron chi connectivity index (χ0n) is 17.8. The Labute approximate surface area is 184 Å². The third-order valence-corrected chi connectivity index (χ3v) is 5.81. The molecule has 1 aliphatic rings. The quantitative estimate of drug-likeness (QED) is 0.483. The van der Waals surface area contributed by atoms with Gasteiger partial charge in [0, 0.05) is 35.5 Å². The molecule has 0 aliphatic heterocycles. The van der Waals surface area contributed by atoms with E-state index >= 15 is 0 Å². The van der Waals surface area contributed by atoms with Crippen molar-refractivity contribution in [1.29, 1.82) is 0 Å². The number of benzene rings is 2. The van der Waals surface area contributed by atoms with Gasteiger partial charge in [-0.1, -0.05) is 41.6 Å². The summed E-state index contributed by atoms with van der Waals surface area (Å²) in [5, 5.41) is 10.4. The number of anilines is 1. The molecule has 160 valence electrons. The van der Waals surface area contributed by atoms with Crippen LogP contribution in [0.4, 0.5) is 5.69 Å². The molecule has 1 aliphatic carbocycles. The maximum atomic E-state index is 13.5. The first-order valence-corrected chi connectivity index (χ1v) is 10.6. The highest BCUT2D eigenvalue weighted by molar-refractivity contribution is 6.15. The molecule has 0 radical (unpaired) electrons. The van der Waals surface area contributed by atoms with Crippen molar-refractivity contribution in [2.24, 2.45) is 0 Å². The van der Waals surface area contributed by atoms with Crippen molar-refractivity contribution in [2.45, 2.75) is 25.7 Å². The first-order valence-electron chi connectivity index (χ1n) is 10.6. The van der Waals surface area contributed by atoms with Crippen molar-refractivity contribution in [1.82, 2.24) is 15.5 Å². The van der Waals surface area contributed by atoms with Gasteiger partial charge in [0.2, 0.25) is 0 Å². The van der Waals surface area contributed by atoms with Crippen molar-refractivity contribution in [3.05, 3.63) is 77.0 Å². The number of fused-ring (bicyclic) bond motifs is 1. The Balaban J connectivity index is 1.61. The maximum absolute atomic E-state index is 13.5. The molecule has 0 bridgehead atoms. The molecule has 0 saturated heterocycles. The standard InChI is InChI=1S/C25H22N4O3/c1-14-17(23(30)26-2)9-6-10-19(14)27-24(31)18-13-20(15-11-12-15)28-25-21(18)22(29-32-25)16-7-4-3-5-8-16/h3-10,13,15H,11-12H2,1-2H3,(H,26,30)(H,27,31). The van der Waals surface area contributed by atoms with Gasteiger partial charge >= 0.3 is 0 Å². The van der Waals surface area contributed by atoms with Crippen LogP contribution >= 0.6 is 0 Å². The maximum Gasteiger partial charge on any atom is 0.259 e. The summed E-state index contributed by atoms with van der Waals surface area (Å²) in [6.07, 6.45) is 2.10. The third kappa shape index (κ3) is 3.51. The minimum absolute atomic E-state index is 0.202. The van der Waals surface area contributed by atoms with E-state index in [1.54, 1.807) is 25.2 Å². The number of rotatable bonds is 5. The second-order valence-electron chi connectivity index (χ2n) is 7.96. The largest absolute Gasteiger partial charge is 0.355 e. The van der Waals surface area contributed by atoms with Gasteiger partial charge in [-0.05, 0) is 43.5 Å². The van der Waals surface area contributed by atoms with Gasteiger partial charge in [0.1, 0.15) is 5.69 Å². The van der Waals surface area contributed by atoms with E-state index in [0.29, 0.717) is 45.1 Å². The van der Waals surface area contributed by atoms with Gasteiger partial charge in [-0.2, -0.15) is 0 Å². The lowest BCUT2D eigenvalue weighted by Crippen LogP contribution is -2.20. The van der Waals surface area contributed by atoms with Crippen LogP contribution < -0.4 is 10.6 Å². The molecular formula is C25H22N4O3. The molecule has 2 heterocycles. The zero-order chi connectivity index (χ0) is 22.2. The molecular weight excluding hydrogens is 404 g/mol. The van der Waals surface area contributed by atoms with Crippen LogP contribution in [0.5, 0.6) is 0 Å². The van der Waals surface area contributed by atoms with Gasteiger partial charge in [0.05, 0.1) is 10.9 Å². The van der Waals surface area contributed by atoms with E-state index in [0.717, 1.165) is 24.1 Å². The molecule has 2 aromatic carbocycles. The first kappa shape index (κ1) is 19.9. The van der Waals surface area contributed by atoms with Gasteiger partial charge in [-0.15, -0.1) is 0 Å². The second-order valence-corrected chi connectivity index (χ2v) is 7.96. The van der Waals surface area contributed by atoms with Crippen LogP contribution in [0.2, 0.25) is 0 Å². The zero-order valence-corrected chi connectivity index (χ0v) is 17.8. The van der Waals surface area contributed by atoms with Gasteiger partial charge in [0.25, 0.3) is 17.5 Å². The number of carbonyl (C=O) groups excluding carboxylic acids is 2. The van der Waals surface area contributed by atoms with Crippen LogP contribution in [0.15, 0.2) is 59.1 Å². The predicted molar refractivity (Wildman–Crippen MR) is 122 cm³/mol. The Morgan fingerprint density at radius 3 is 2.50 bits per heavy atom. The van der Waals surface area contributed by atoms with E-state index in [2.05, 4.69) is 20.8 Å². The molecule has 2 amide bonds. The summed E-state index contributed by atoms with van der Waals surface area (Å²) in [7, 11) is 1.58. The van der Waals surface area contributed by atoms with Crippen molar-refractivity contribution >= 4 is 28.6 Å². The van der Waals surface area contributed by atoms with Crippen LogP contribution in [0.25, 0.3) is 22.4 Å². The normalized spacial score (nSPS) is 13.2. The number of pyridine rings is 1. The number of hydrogen-bond acceptors (Lipinski definition) is 5.